The van der Waals surface area contributed by atoms with E-state index in [1.165, 1.54) is 38.5 Å². The number of hydrogen-bond donors (Lipinski definition) is 0. The third-order valence-corrected chi connectivity index (χ3v) is 8.92. The van der Waals surface area contributed by atoms with Crippen molar-refractivity contribution >= 4 is 19.8 Å². The first-order valence-corrected chi connectivity index (χ1v) is 9.14. The molecule has 5 heteroatoms. The SMILES string of the molecule is C=C[SiH2]C1(C2([SiH3])CCCCO2)CCCCO1.[Pt]. The molecule has 2 rings (SSSR count). The molecule has 2 atom stereocenters. The first kappa shape index (κ1) is 15.8. The standard InChI is InChI=1S/C12H24O2Si2.Pt/c1-2-16-12(8-4-6-10-14-12)11(15)7-3-5-9-13-11;/h2H,1,3-10,16H2,15H3;. The van der Waals surface area contributed by atoms with E-state index < -0.39 is 0 Å². The van der Waals surface area contributed by atoms with Crippen molar-refractivity contribution in [1.29, 1.82) is 0 Å². The van der Waals surface area contributed by atoms with Gasteiger partial charge in [-0.15, -0.1) is 12.3 Å². The quantitative estimate of drug-likeness (QED) is 0.581. The van der Waals surface area contributed by atoms with Gasteiger partial charge in [-0.1, -0.05) is 0 Å². The second-order valence-electron chi connectivity index (χ2n) is 5.33. The molecule has 0 spiro atoms. The molecule has 0 bridgehead atoms. The summed E-state index contributed by atoms with van der Waals surface area (Å²) in [5.74, 6) is 0. The largest absolute Gasteiger partial charge is 0.377 e. The van der Waals surface area contributed by atoms with Crippen LogP contribution in [-0.2, 0) is 30.5 Å². The van der Waals surface area contributed by atoms with Gasteiger partial charge in [-0.05, 0) is 38.5 Å². The molecule has 17 heavy (non-hydrogen) atoms. The van der Waals surface area contributed by atoms with Gasteiger partial charge in [0.15, 0.2) is 0 Å². The first-order valence-electron chi connectivity index (χ1n) is 6.61. The molecule has 0 amide bonds. The maximum Gasteiger partial charge on any atom is 0.0860 e. The second kappa shape index (κ2) is 6.81. The van der Waals surface area contributed by atoms with Crippen LogP contribution < -0.4 is 0 Å². The van der Waals surface area contributed by atoms with Crippen molar-refractivity contribution in [3.63, 3.8) is 0 Å². The molecule has 2 saturated heterocycles. The van der Waals surface area contributed by atoms with Crippen LogP contribution in [-0.4, -0.2) is 43.4 Å². The predicted octanol–water partition coefficient (Wildman–Crippen LogP) is 0.455. The van der Waals surface area contributed by atoms with Crippen molar-refractivity contribution < 1.29 is 30.5 Å². The van der Waals surface area contributed by atoms with E-state index in [9.17, 15) is 0 Å². The van der Waals surface area contributed by atoms with E-state index in [-0.39, 0.29) is 41.0 Å². The molecule has 0 saturated carbocycles. The topological polar surface area (TPSA) is 18.5 Å². The number of rotatable bonds is 3. The smallest absolute Gasteiger partial charge is 0.0860 e. The molecule has 2 heterocycles. The second-order valence-corrected chi connectivity index (χ2v) is 9.07. The fraction of sp³-hybridized carbons (Fsp3) is 0.833. The monoisotopic (exact) mass is 451 g/mol. The van der Waals surface area contributed by atoms with Crippen LogP contribution in [0.1, 0.15) is 38.5 Å². The molecule has 0 N–H and O–H groups in total. The Labute approximate surface area is 124 Å². The van der Waals surface area contributed by atoms with Gasteiger partial charge in [0.05, 0.1) is 20.0 Å². The molecular formula is C12H24O2PtSi2. The summed E-state index contributed by atoms with van der Waals surface area (Å²) in [4.78, 5) is 0. The summed E-state index contributed by atoms with van der Waals surface area (Å²) in [6.07, 6.45) is 7.53. The number of hydrogen-bond acceptors (Lipinski definition) is 2. The third-order valence-electron chi connectivity index (χ3n) is 4.26. The van der Waals surface area contributed by atoms with Crippen molar-refractivity contribution in [2.45, 2.75) is 49.0 Å². The Kier molecular flexibility index (Phi) is 6.34. The minimum absolute atomic E-state index is 0. The minimum Gasteiger partial charge on any atom is -0.377 e. The van der Waals surface area contributed by atoms with Crippen molar-refractivity contribution in [2.24, 2.45) is 0 Å². The van der Waals surface area contributed by atoms with Crippen molar-refractivity contribution in [1.82, 2.24) is 0 Å². The molecule has 0 aromatic heterocycles. The van der Waals surface area contributed by atoms with E-state index in [2.05, 4.69) is 12.3 Å². The zero-order chi connectivity index (χ0) is 11.5. The number of ether oxygens (including phenoxy) is 2. The molecular weight excluding hydrogens is 427 g/mol. The van der Waals surface area contributed by atoms with Gasteiger partial charge in [0, 0.05) is 44.5 Å². The predicted molar refractivity (Wildman–Crippen MR) is 73.7 cm³/mol. The fourth-order valence-electron chi connectivity index (χ4n) is 3.17. The van der Waals surface area contributed by atoms with Crippen molar-refractivity contribution in [3.8, 4) is 0 Å². The summed E-state index contributed by atoms with van der Waals surface area (Å²) in [5.41, 5.74) is 2.16. The average molecular weight is 452 g/mol. The molecule has 0 aliphatic carbocycles. The molecule has 0 aromatic carbocycles. The normalized spacial score (nSPS) is 39.1. The summed E-state index contributed by atoms with van der Waals surface area (Å²) in [7, 11) is 0.718. The van der Waals surface area contributed by atoms with Crippen LogP contribution in [0.3, 0.4) is 0 Å². The molecule has 0 radical (unpaired) electrons. The molecule has 102 valence electrons. The Morgan fingerprint density at radius 3 is 2.18 bits per heavy atom. The van der Waals surface area contributed by atoms with Gasteiger partial charge in [0.2, 0.25) is 0 Å². The third kappa shape index (κ3) is 3.21. The van der Waals surface area contributed by atoms with Gasteiger partial charge in [-0.3, -0.25) is 0 Å². The van der Waals surface area contributed by atoms with E-state index in [1.54, 1.807) is 0 Å². The summed E-state index contributed by atoms with van der Waals surface area (Å²) < 4.78 is 12.4. The van der Waals surface area contributed by atoms with Gasteiger partial charge in [0.25, 0.3) is 0 Å². The molecule has 2 aliphatic heterocycles. The molecule has 2 fully saturated rings. The summed E-state index contributed by atoms with van der Waals surface area (Å²) in [5, 5.41) is 0.200. The Morgan fingerprint density at radius 1 is 1.06 bits per heavy atom. The van der Waals surface area contributed by atoms with Crippen molar-refractivity contribution in [3.05, 3.63) is 12.3 Å². The summed E-state index contributed by atoms with van der Waals surface area (Å²) in [6.45, 7) is 5.85. The van der Waals surface area contributed by atoms with Crippen LogP contribution in [0.15, 0.2) is 12.3 Å². The minimum atomic E-state index is -0.381. The zero-order valence-electron chi connectivity index (χ0n) is 10.8. The van der Waals surface area contributed by atoms with Gasteiger partial charge < -0.3 is 9.47 Å². The maximum atomic E-state index is 6.25. The van der Waals surface area contributed by atoms with Crippen LogP contribution in [0.25, 0.3) is 0 Å². The Hall–Kier alpha value is 0.782. The zero-order valence-corrected chi connectivity index (χ0v) is 16.5. The van der Waals surface area contributed by atoms with E-state index in [0.717, 1.165) is 23.5 Å². The average Bonchev–Trinajstić information content (AvgIpc) is 2.31. The molecule has 2 aliphatic rings. The van der Waals surface area contributed by atoms with Crippen LogP contribution in [0.2, 0.25) is 0 Å². The van der Waals surface area contributed by atoms with E-state index >= 15 is 0 Å². The van der Waals surface area contributed by atoms with Crippen LogP contribution >= 0.6 is 0 Å². The Balaban J connectivity index is 0.00000144. The van der Waals surface area contributed by atoms with Crippen LogP contribution in [0.5, 0.6) is 0 Å². The molecule has 0 aromatic rings. The van der Waals surface area contributed by atoms with Gasteiger partial charge in [0.1, 0.15) is 0 Å². The first-order chi connectivity index (χ1) is 7.72. The van der Waals surface area contributed by atoms with Gasteiger partial charge >= 0.3 is 0 Å². The van der Waals surface area contributed by atoms with Crippen LogP contribution in [0, 0.1) is 0 Å². The Bertz CT molecular complexity index is 249. The molecule has 2 nitrogen and oxygen atoms in total. The van der Waals surface area contributed by atoms with Crippen LogP contribution in [0.4, 0.5) is 0 Å². The van der Waals surface area contributed by atoms with E-state index in [1.807, 2.05) is 0 Å². The van der Waals surface area contributed by atoms with Gasteiger partial charge in [-0.2, -0.15) is 0 Å². The molecule has 2 unspecified atom stereocenters. The maximum absolute atomic E-state index is 6.25. The summed E-state index contributed by atoms with van der Waals surface area (Å²) >= 11 is 0. The Morgan fingerprint density at radius 2 is 1.71 bits per heavy atom. The van der Waals surface area contributed by atoms with E-state index in [0.29, 0.717) is 0 Å². The summed E-state index contributed by atoms with van der Waals surface area (Å²) in [6, 6.07) is 0. The fourth-order valence-corrected chi connectivity index (χ4v) is 6.63. The van der Waals surface area contributed by atoms with Crippen molar-refractivity contribution in [2.75, 3.05) is 13.2 Å². The van der Waals surface area contributed by atoms with Gasteiger partial charge in [-0.25, -0.2) is 0 Å². The van der Waals surface area contributed by atoms with E-state index in [4.69, 9.17) is 9.47 Å².